The zero-order valence-corrected chi connectivity index (χ0v) is 12.7. The summed E-state index contributed by atoms with van der Waals surface area (Å²) in [5.41, 5.74) is 0.849. The monoisotopic (exact) mass is 315 g/mol. The highest BCUT2D eigenvalue weighted by atomic mass is 32.2. The molecule has 0 aliphatic carbocycles. The molecule has 0 atom stereocenters. The zero-order valence-electron chi connectivity index (χ0n) is 11.1. The number of sulfonamides is 1. The van der Waals surface area contributed by atoms with Crippen molar-refractivity contribution in [2.24, 2.45) is 7.05 Å². The summed E-state index contributed by atoms with van der Waals surface area (Å²) in [5.74, 6) is 0. The van der Waals surface area contributed by atoms with Crippen molar-refractivity contribution in [3.05, 3.63) is 35.0 Å². The van der Waals surface area contributed by atoms with Crippen LogP contribution in [0.15, 0.2) is 28.6 Å². The highest BCUT2D eigenvalue weighted by Crippen LogP contribution is 2.21. The SMILES string of the molecule is Cn1ccc(CCNS(=O)(=O)c2ccc(CCO)s2)n1. The Hall–Kier alpha value is -1.22. The van der Waals surface area contributed by atoms with Crippen LogP contribution in [0.2, 0.25) is 0 Å². The average Bonchev–Trinajstić information content (AvgIpc) is 2.99. The quantitative estimate of drug-likeness (QED) is 0.781. The summed E-state index contributed by atoms with van der Waals surface area (Å²) in [5, 5.41) is 13.0. The van der Waals surface area contributed by atoms with Crippen molar-refractivity contribution < 1.29 is 13.5 Å². The topological polar surface area (TPSA) is 84.2 Å². The molecule has 0 bridgehead atoms. The summed E-state index contributed by atoms with van der Waals surface area (Å²) in [6, 6.07) is 5.16. The third-order valence-corrected chi connectivity index (χ3v) is 5.80. The molecule has 0 aliphatic rings. The molecule has 0 aliphatic heterocycles. The minimum atomic E-state index is -3.47. The van der Waals surface area contributed by atoms with E-state index >= 15 is 0 Å². The molecule has 0 aromatic carbocycles. The Labute approximate surface area is 122 Å². The molecule has 0 saturated carbocycles. The fourth-order valence-corrected chi connectivity index (χ4v) is 4.15. The first kappa shape index (κ1) is 15.2. The highest BCUT2D eigenvalue weighted by molar-refractivity contribution is 7.91. The largest absolute Gasteiger partial charge is 0.396 e. The van der Waals surface area contributed by atoms with Gasteiger partial charge in [0.15, 0.2) is 0 Å². The average molecular weight is 315 g/mol. The lowest BCUT2D eigenvalue weighted by molar-refractivity contribution is 0.300. The van der Waals surface area contributed by atoms with E-state index < -0.39 is 10.0 Å². The fourth-order valence-electron chi connectivity index (χ4n) is 1.73. The number of aromatic nitrogens is 2. The van der Waals surface area contributed by atoms with Gasteiger partial charge in [0.2, 0.25) is 10.0 Å². The first-order valence-corrected chi connectivity index (χ1v) is 8.49. The van der Waals surface area contributed by atoms with E-state index in [2.05, 4.69) is 9.82 Å². The molecular weight excluding hydrogens is 298 g/mol. The number of nitrogens with zero attached hydrogens (tertiary/aromatic N) is 2. The number of aliphatic hydroxyl groups is 1. The van der Waals surface area contributed by atoms with Crippen LogP contribution in [0.25, 0.3) is 0 Å². The Balaban J connectivity index is 1.92. The molecule has 2 aromatic rings. The predicted molar refractivity (Wildman–Crippen MR) is 77.2 cm³/mol. The van der Waals surface area contributed by atoms with Crippen LogP contribution in [0.3, 0.4) is 0 Å². The summed E-state index contributed by atoms with van der Waals surface area (Å²) in [6.07, 6.45) is 2.85. The van der Waals surface area contributed by atoms with Crippen LogP contribution in [0.1, 0.15) is 10.6 Å². The number of nitrogens with one attached hydrogen (secondary N) is 1. The van der Waals surface area contributed by atoms with Crippen molar-refractivity contribution in [1.29, 1.82) is 0 Å². The van der Waals surface area contributed by atoms with Gasteiger partial charge in [-0.2, -0.15) is 5.10 Å². The molecule has 0 fully saturated rings. The Morgan fingerprint density at radius 3 is 2.80 bits per heavy atom. The summed E-state index contributed by atoms with van der Waals surface area (Å²) in [6.45, 7) is 0.333. The van der Waals surface area contributed by atoms with Gasteiger partial charge in [-0.1, -0.05) is 0 Å². The number of aryl methyl sites for hydroxylation is 1. The highest BCUT2D eigenvalue weighted by Gasteiger charge is 2.16. The standard InChI is InChI=1S/C12H17N3O3S2/c1-15-8-5-10(14-15)4-7-13-20(17,18)12-3-2-11(19-12)6-9-16/h2-3,5,8,13,16H,4,6-7,9H2,1H3. The molecule has 0 amide bonds. The maximum absolute atomic E-state index is 12.1. The van der Waals surface area contributed by atoms with Gasteiger partial charge < -0.3 is 5.11 Å². The van der Waals surface area contributed by atoms with Crippen LogP contribution in [0.5, 0.6) is 0 Å². The lowest BCUT2D eigenvalue weighted by Gasteiger charge is -2.03. The van der Waals surface area contributed by atoms with Crippen molar-refractivity contribution in [3.8, 4) is 0 Å². The van der Waals surface area contributed by atoms with E-state index in [0.29, 0.717) is 19.4 Å². The molecule has 2 aromatic heterocycles. The van der Waals surface area contributed by atoms with Crippen LogP contribution < -0.4 is 4.72 Å². The lowest BCUT2D eigenvalue weighted by atomic mass is 10.3. The summed E-state index contributed by atoms with van der Waals surface area (Å²) >= 11 is 1.18. The van der Waals surface area contributed by atoms with Crippen LogP contribution in [-0.2, 0) is 29.9 Å². The second kappa shape index (κ2) is 6.49. The molecule has 0 saturated heterocycles. The van der Waals surface area contributed by atoms with Crippen LogP contribution in [0.4, 0.5) is 0 Å². The van der Waals surface area contributed by atoms with Crippen molar-refractivity contribution in [3.63, 3.8) is 0 Å². The number of hydrogen-bond donors (Lipinski definition) is 2. The van der Waals surface area contributed by atoms with Gasteiger partial charge in [-0.3, -0.25) is 4.68 Å². The van der Waals surface area contributed by atoms with Gasteiger partial charge in [0.25, 0.3) is 0 Å². The summed E-state index contributed by atoms with van der Waals surface area (Å²) in [7, 11) is -1.65. The summed E-state index contributed by atoms with van der Waals surface area (Å²) in [4.78, 5) is 0.859. The normalized spacial score (nSPS) is 11.9. The molecule has 2 heterocycles. The zero-order chi connectivity index (χ0) is 14.6. The maximum Gasteiger partial charge on any atom is 0.250 e. The van der Waals surface area contributed by atoms with Crippen LogP contribution in [0, 0.1) is 0 Å². The Morgan fingerprint density at radius 1 is 1.35 bits per heavy atom. The minimum Gasteiger partial charge on any atom is -0.396 e. The molecule has 0 unspecified atom stereocenters. The first-order chi connectivity index (χ1) is 9.51. The number of hydrogen-bond acceptors (Lipinski definition) is 5. The second-order valence-electron chi connectivity index (χ2n) is 4.32. The molecule has 6 nitrogen and oxygen atoms in total. The van der Waals surface area contributed by atoms with E-state index in [9.17, 15) is 8.42 Å². The smallest absolute Gasteiger partial charge is 0.250 e. The van der Waals surface area contributed by atoms with Gasteiger partial charge >= 0.3 is 0 Å². The Bertz CT molecular complexity index is 661. The van der Waals surface area contributed by atoms with Gasteiger partial charge in [-0.15, -0.1) is 11.3 Å². The number of thiophene rings is 1. The molecule has 0 radical (unpaired) electrons. The van der Waals surface area contributed by atoms with E-state index in [0.717, 1.165) is 10.6 Å². The van der Waals surface area contributed by atoms with Gasteiger partial charge in [0.05, 0.1) is 5.69 Å². The molecule has 8 heteroatoms. The Kier molecular flexibility index (Phi) is 4.92. The third kappa shape index (κ3) is 3.89. The third-order valence-electron chi connectivity index (χ3n) is 2.70. The molecular formula is C12H17N3O3S2. The number of aliphatic hydroxyl groups excluding tert-OH is 1. The van der Waals surface area contributed by atoms with E-state index in [1.807, 2.05) is 19.3 Å². The molecule has 2 rings (SSSR count). The molecule has 0 spiro atoms. The van der Waals surface area contributed by atoms with Crippen molar-refractivity contribution in [2.45, 2.75) is 17.1 Å². The fraction of sp³-hybridized carbons (Fsp3) is 0.417. The van der Waals surface area contributed by atoms with Crippen molar-refractivity contribution in [2.75, 3.05) is 13.2 Å². The first-order valence-electron chi connectivity index (χ1n) is 6.19. The van der Waals surface area contributed by atoms with E-state index in [-0.39, 0.29) is 10.8 Å². The van der Waals surface area contributed by atoms with Crippen molar-refractivity contribution in [1.82, 2.24) is 14.5 Å². The molecule has 20 heavy (non-hydrogen) atoms. The van der Waals surface area contributed by atoms with Gasteiger partial charge in [-0.05, 0) is 18.2 Å². The van der Waals surface area contributed by atoms with Gasteiger partial charge in [0, 0.05) is 44.1 Å². The lowest BCUT2D eigenvalue weighted by Crippen LogP contribution is -2.25. The predicted octanol–water partition coefficient (Wildman–Crippen LogP) is 0.537. The van der Waals surface area contributed by atoms with Crippen LogP contribution in [-0.4, -0.2) is 36.5 Å². The number of rotatable bonds is 7. The Morgan fingerprint density at radius 2 is 2.15 bits per heavy atom. The van der Waals surface area contributed by atoms with Gasteiger partial charge in [-0.25, -0.2) is 13.1 Å². The molecule has 2 N–H and O–H groups in total. The van der Waals surface area contributed by atoms with E-state index in [4.69, 9.17) is 5.11 Å². The summed E-state index contributed by atoms with van der Waals surface area (Å²) < 4.78 is 28.6. The van der Waals surface area contributed by atoms with Gasteiger partial charge in [0.1, 0.15) is 4.21 Å². The maximum atomic E-state index is 12.1. The second-order valence-corrected chi connectivity index (χ2v) is 7.48. The van der Waals surface area contributed by atoms with E-state index in [1.165, 1.54) is 11.3 Å². The molecule has 110 valence electrons. The van der Waals surface area contributed by atoms with Crippen molar-refractivity contribution >= 4 is 21.4 Å². The minimum absolute atomic E-state index is 0.0209. The van der Waals surface area contributed by atoms with Crippen LogP contribution >= 0.6 is 11.3 Å². The van der Waals surface area contributed by atoms with E-state index in [1.54, 1.807) is 16.8 Å².